The molecular formula is C14H10N4O. The monoisotopic (exact) mass is 250 g/mol. The molecule has 1 heterocycles. The lowest BCUT2D eigenvalue weighted by atomic mass is 10.1. The summed E-state index contributed by atoms with van der Waals surface area (Å²) in [5.74, 6) is -0.447. The fourth-order valence-electron chi connectivity index (χ4n) is 1.93. The number of amides is 1. The van der Waals surface area contributed by atoms with Gasteiger partial charge in [0.2, 0.25) is 5.91 Å². The molecule has 2 aromatic rings. The molecule has 2 rings (SSSR count). The lowest BCUT2D eigenvalue weighted by molar-refractivity contribution is -0.118. The normalized spacial score (nSPS) is 9.58. The van der Waals surface area contributed by atoms with Crippen LogP contribution in [0, 0.1) is 22.7 Å². The molecule has 0 aliphatic carbocycles. The number of hydrogen-bond donors (Lipinski definition) is 1. The van der Waals surface area contributed by atoms with E-state index in [9.17, 15) is 4.79 Å². The third-order valence-corrected chi connectivity index (χ3v) is 2.69. The summed E-state index contributed by atoms with van der Waals surface area (Å²) in [6.07, 6.45) is 3.21. The fourth-order valence-corrected chi connectivity index (χ4v) is 1.93. The molecule has 5 heteroatoms. The van der Waals surface area contributed by atoms with E-state index in [4.69, 9.17) is 16.3 Å². The first kappa shape index (κ1) is 12.4. The Morgan fingerprint density at radius 2 is 2.00 bits per heavy atom. The number of carbonyl (C=O) groups excluding carboxylic acids is 1. The molecule has 1 aromatic heterocycles. The van der Waals surface area contributed by atoms with Crippen LogP contribution in [0.25, 0.3) is 17.0 Å². The smallest absolute Gasteiger partial charge is 0.237 e. The largest absolute Gasteiger partial charge is 0.368 e. The Morgan fingerprint density at radius 1 is 1.32 bits per heavy atom. The highest BCUT2D eigenvalue weighted by Crippen LogP contribution is 2.23. The summed E-state index contributed by atoms with van der Waals surface area (Å²) in [6.45, 7) is 0.0583. The lowest BCUT2D eigenvalue weighted by Gasteiger charge is -2.00. The van der Waals surface area contributed by atoms with Gasteiger partial charge in [0, 0.05) is 22.7 Å². The lowest BCUT2D eigenvalue weighted by Crippen LogP contribution is -2.17. The zero-order chi connectivity index (χ0) is 13.8. The number of fused-ring (bicyclic) bond motifs is 1. The molecule has 0 atom stereocenters. The van der Waals surface area contributed by atoms with E-state index in [0.717, 1.165) is 16.5 Å². The van der Waals surface area contributed by atoms with Crippen LogP contribution in [0.4, 0.5) is 0 Å². The number of primary amides is 1. The molecule has 0 spiro atoms. The number of para-hydroxylation sites is 1. The van der Waals surface area contributed by atoms with E-state index < -0.39 is 5.91 Å². The van der Waals surface area contributed by atoms with Crippen LogP contribution < -0.4 is 5.73 Å². The Balaban J connectivity index is 2.64. The van der Waals surface area contributed by atoms with Crippen molar-refractivity contribution in [2.75, 3.05) is 0 Å². The van der Waals surface area contributed by atoms with Crippen LogP contribution in [0.5, 0.6) is 0 Å². The molecule has 0 bridgehead atoms. The molecule has 2 N–H and O–H groups in total. The zero-order valence-corrected chi connectivity index (χ0v) is 10.00. The van der Waals surface area contributed by atoms with E-state index >= 15 is 0 Å². The summed E-state index contributed by atoms with van der Waals surface area (Å²) < 4.78 is 1.70. The third-order valence-electron chi connectivity index (χ3n) is 2.69. The van der Waals surface area contributed by atoms with Gasteiger partial charge in [0.1, 0.15) is 24.3 Å². The van der Waals surface area contributed by atoms with E-state index in [1.165, 1.54) is 6.08 Å². The molecule has 0 aliphatic heterocycles. The highest BCUT2D eigenvalue weighted by Gasteiger charge is 2.08. The number of aromatic nitrogens is 1. The third kappa shape index (κ3) is 2.46. The molecule has 1 aromatic carbocycles. The number of nitrogens with zero attached hydrogens (tertiary/aromatic N) is 3. The number of allylic oxidation sites excluding steroid dienone is 1. The van der Waals surface area contributed by atoms with Crippen molar-refractivity contribution in [1.29, 1.82) is 10.5 Å². The van der Waals surface area contributed by atoms with Crippen molar-refractivity contribution in [3.8, 4) is 12.1 Å². The van der Waals surface area contributed by atoms with Crippen LogP contribution in [-0.2, 0) is 11.3 Å². The summed E-state index contributed by atoms with van der Waals surface area (Å²) in [6, 6.07) is 11.1. The summed E-state index contributed by atoms with van der Waals surface area (Å²) in [4.78, 5) is 11.0. The number of nitriles is 2. The van der Waals surface area contributed by atoms with Gasteiger partial charge in [-0.1, -0.05) is 18.2 Å². The topological polar surface area (TPSA) is 95.6 Å². The molecule has 92 valence electrons. The first-order valence-electron chi connectivity index (χ1n) is 5.53. The quantitative estimate of drug-likeness (QED) is 0.837. The first-order chi connectivity index (χ1) is 9.15. The standard InChI is InChI=1S/C14H10N4O/c15-6-10(7-16)5-11-8-18(9-14(17)19)13-4-2-1-3-12(11)13/h1-5,8H,9H2,(H2,17,19). The number of carbonyl (C=O) groups is 1. The van der Waals surface area contributed by atoms with Gasteiger partial charge in [-0.15, -0.1) is 0 Å². The molecular weight excluding hydrogens is 240 g/mol. The van der Waals surface area contributed by atoms with Crippen molar-refractivity contribution in [3.63, 3.8) is 0 Å². The summed E-state index contributed by atoms with van der Waals surface area (Å²) in [5, 5.41) is 18.4. The number of nitrogens with two attached hydrogens (primary N) is 1. The maximum atomic E-state index is 11.0. The molecule has 0 saturated carbocycles. The molecule has 0 saturated heterocycles. The Bertz CT molecular complexity index is 740. The summed E-state index contributed by atoms with van der Waals surface area (Å²) in [7, 11) is 0. The van der Waals surface area contributed by atoms with Crippen molar-refractivity contribution < 1.29 is 4.79 Å². The first-order valence-corrected chi connectivity index (χ1v) is 5.53. The molecule has 5 nitrogen and oxygen atoms in total. The van der Waals surface area contributed by atoms with Crippen molar-refractivity contribution in [2.24, 2.45) is 5.73 Å². The van der Waals surface area contributed by atoms with Crippen LogP contribution in [0.2, 0.25) is 0 Å². The second kappa shape index (κ2) is 5.07. The van der Waals surface area contributed by atoms with Crippen LogP contribution in [0.15, 0.2) is 36.0 Å². The average molecular weight is 250 g/mol. The van der Waals surface area contributed by atoms with E-state index in [2.05, 4.69) is 0 Å². The Hall–Kier alpha value is -3.05. The predicted molar refractivity (Wildman–Crippen MR) is 70.3 cm³/mol. The van der Waals surface area contributed by atoms with E-state index in [-0.39, 0.29) is 12.1 Å². The number of benzene rings is 1. The van der Waals surface area contributed by atoms with E-state index in [1.807, 2.05) is 36.4 Å². The van der Waals surface area contributed by atoms with Gasteiger partial charge in [-0.25, -0.2) is 0 Å². The van der Waals surface area contributed by atoms with Gasteiger partial charge in [0.15, 0.2) is 0 Å². The second-order valence-corrected chi connectivity index (χ2v) is 3.98. The van der Waals surface area contributed by atoms with Gasteiger partial charge >= 0.3 is 0 Å². The number of hydrogen-bond acceptors (Lipinski definition) is 3. The van der Waals surface area contributed by atoms with E-state index in [1.54, 1.807) is 10.8 Å². The molecule has 19 heavy (non-hydrogen) atoms. The van der Waals surface area contributed by atoms with Gasteiger partial charge < -0.3 is 10.3 Å². The minimum Gasteiger partial charge on any atom is -0.368 e. The van der Waals surface area contributed by atoms with Crippen LogP contribution in [0.1, 0.15) is 5.56 Å². The van der Waals surface area contributed by atoms with Gasteiger partial charge in [-0.2, -0.15) is 10.5 Å². The SMILES string of the molecule is N#CC(C#N)=Cc1cn(CC(N)=O)c2ccccc12. The average Bonchev–Trinajstić information content (AvgIpc) is 2.74. The van der Waals surface area contributed by atoms with Crippen molar-refractivity contribution >= 4 is 22.9 Å². The Morgan fingerprint density at radius 3 is 2.63 bits per heavy atom. The van der Waals surface area contributed by atoms with Crippen molar-refractivity contribution in [1.82, 2.24) is 4.57 Å². The Kier molecular flexibility index (Phi) is 3.31. The second-order valence-electron chi connectivity index (χ2n) is 3.98. The molecule has 0 radical (unpaired) electrons. The molecule has 0 unspecified atom stereocenters. The highest BCUT2D eigenvalue weighted by molar-refractivity contribution is 5.91. The molecule has 1 amide bonds. The van der Waals surface area contributed by atoms with Crippen LogP contribution in [-0.4, -0.2) is 10.5 Å². The van der Waals surface area contributed by atoms with E-state index in [0.29, 0.717) is 0 Å². The minimum absolute atomic E-state index is 0.0157. The Labute approximate surface area is 109 Å². The maximum Gasteiger partial charge on any atom is 0.237 e. The minimum atomic E-state index is -0.447. The molecule has 0 aliphatic rings. The summed E-state index contributed by atoms with van der Waals surface area (Å²) in [5.41, 5.74) is 6.77. The molecule has 0 fully saturated rings. The van der Waals surface area contributed by atoms with Gasteiger partial charge in [0.05, 0.1) is 0 Å². The van der Waals surface area contributed by atoms with Crippen molar-refractivity contribution in [2.45, 2.75) is 6.54 Å². The van der Waals surface area contributed by atoms with Gasteiger partial charge in [-0.05, 0) is 12.1 Å². The highest BCUT2D eigenvalue weighted by atomic mass is 16.1. The van der Waals surface area contributed by atoms with Gasteiger partial charge in [-0.3, -0.25) is 4.79 Å². The van der Waals surface area contributed by atoms with Gasteiger partial charge in [0.25, 0.3) is 0 Å². The van der Waals surface area contributed by atoms with Crippen LogP contribution in [0.3, 0.4) is 0 Å². The zero-order valence-electron chi connectivity index (χ0n) is 10.00. The maximum absolute atomic E-state index is 11.0. The van der Waals surface area contributed by atoms with Crippen molar-refractivity contribution in [3.05, 3.63) is 41.6 Å². The fraction of sp³-hybridized carbons (Fsp3) is 0.0714. The summed E-state index contributed by atoms with van der Waals surface area (Å²) >= 11 is 0. The predicted octanol–water partition coefficient (Wildman–Crippen LogP) is 1.56. The van der Waals surface area contributed by atoms with Crippen LogP contribution >= 0.6 is 0 Å². The number of rotatable bonds is 3.